The number of nitro benzene ring substituents is 1. The van der Waals surface area contributed by atoms with Crippen LogP contribution in [-0.4, -0.2) is 51.3 Å². The Morgan fingerprint density at radius 1 is 1.00 bits per heavy atom. The van der Waals surface area contributed by atoms with Crippen molar-refractivity contribution in [3.05, 3.63) is 69.3 Å². The Morgan fingerprint density at radius 3 is 2.27 bits per heavy atom. The highest BCUT2D eigenvalue weighted by Gasteiger charge is 2.76. The van der Waals surface area contributed by atoms with E-state index in [1.165, 1.54) is 18.2 Å². The number of carbonyl (C=O) groups is 4. The van der Waals surface area contributed by atoms with Gasteiger partial charge in [-0.15, -0.1) is 0 Å². The highest BCUT2D eigenvalue weighted by Crippen LogP contribution is 2.57. The lowest BCUT2D eigenvalue weighted by Crippen LogP contribution is -2.59. The average Bonchev–Trinajstić information content (AvgIpc) is 3.49. The van der Waals surface area contributed by atoms with Crippen LogP contribution < -0.4 is 4.90 Å². The van der Waals surface area contributed by atoms with Gasteiger partial charge in [-0.25, -0.2) is 4.90 Å². The molecular formula is C24H19N3O6. The molecule has 2 amide bonds. The largest absolute Gasteiger partial charge is 0.291 e. The van der Waals surface area contributed by atoms with Crippen LogP contribution in [0.5, 0.6) is 0 Å². The fourth-order valence-electron chi connectivity index (χ4n) is 6.48. The minimum atomic E-state index is -1.70. The second-order valence-electron chi connectivity index (χ2n) is 9.12. The molecule has 0 radical (unpaired) electrons. The van der Waals surface area contributed by atoms with Gasteiger partial charge in [0.25, 0.3) is 5.69 Å². The Morgan fingerprint density at radius 2 is 1.67 bits per heavy atom. The summed E-state index contributed by atoms with van der Waals surface area (Å²) in [5.74, 6) is -3.79. The van der Waals surface area contributed by atoms with Crippen molar-refractivity contribution >= 4 is 34.8 Å². The second-order valence-corrected chi connectivity index (χ2v) is 9.12. The van der Waals surface area contributed by atoms with E-state index >= 15 is 0 Å². The highest BCUT2D eigenvalue weighted by atomic mass is 16.6. The summed E-state index contributed by atoms with van der Waals surface area (Å²) in [6.45, 7) is 2.07. The maximum atomic E-state index is 13.8. The third kappa shape index (κ3) is 2.20. The van der Waals surface area contributed by atoms with Crippen LogP contribution in [0.2, 0.25) is 0 Å². The first kappa shape index (κ1) is 19.9. The van der Waals surface area contributed by atoms with Gasteiger partial charge in [-0.3, -0.25) is 34.2 Å². The van der Waals surface area contributed by atoms with E-state index in [0.717, 1.165) is 11.3 Å². The molecule has 0 N–H and O–H groups in total. The number of benzene rings is 2. The molecule has 1 spiro atoms. The third-order valence-electron chi connectivity index (χ3n) is 7.71. The van der Waals surface area contributed by atoms with Crippen LogP contribution in [0.15, 0.2) is 42.5 Å². The van der Waals surface area contributed by atoms with Crippen LogP contribution in [0.3, 0.4) is 0 Å². The van der Waals surface area contributed by atoms with Gasteiger partial charge in [-0.1, -0.05) is 24.3 Å². The second kappa shape index (κ2) is 6.41. The normalized spacial score (nSPS) is 27.4. The van der Waals surface area contributed by atoms with Crippen LogP contribution in [0.1, 0.15) is 39.1 Å². The topological polar surface area (TPSA) is 118 Å². The SMILES string of the molecule is Cc1cc([N+](=O)[O-])ccc1N1C(=O)[C@@H]2[C@@H]3CCCN3C3(C(=O)c4ccccc4C3=O)[C@H]2C1=O. The number of amides is 2. The summed E-state index contributed by atoms with van der Waals surface area (Å²) in [5.41, 5.74) is -0.620. The van der Waals surface area contributed by atoms with E-state index in [2.05, 4.69) is 0 Å². The van der Waals surface area contributed by atoms with Crippen LogP contribution >= 0.6 is 0 Å². The molecule has 9 nitrogen and oxygen atoms in total. The Bertz CT molecular complexity index is 1280. The molecule has 3 saturated heterocycles. The molecule has 3 aliphatic heterocycles. The lowest BCUT2D eigenvalue weighted by Gasteiger charge is -2.35. The lowest BCUT2D eigenvalue weighted by molar-refractivity contribution is -0.384. The van der Waals surface area contributed by atoms with Gasteiger partial charge in [0, 0.05) is 29.3 Å². The zero-order chi connectivity index (χ0) is 23.2. The molecule has 0 saturated carbocycles. The summed E-state index contributed by atoms with van der Waals surface area (Å²) in [6.07, 6.45) is 1.34. The maximum Gasteiger partial charge on any atom is 0.269 e. The van der Waals surface area contributed by atoms with Crippen LogP contribution in [0.4, 0.5) is 11.4 Å². The summed E-state index contributed by atoms with van der Waals surface area (Å²) >= 11 is 0. The molecule has 0 bridgehead atoms. The molecule has 6 rings (SSSR count). The average molecular weight is 445 g/mol. The number of hydrogen-bond acceptors (Lipinski definition) is 7. The maximum absolute atomic E-state index is 13.8. The minimum absolute atomic E-state index is 0.148. The van der Waals surface area contributed by atoms with Crippen molar-refractivity contribution < 1.29 is 24.1 Å². The number of carbonyl (C=O) groups excluding carboxylic acids is 4. The minimum Gasteiger partial charge on any atom is -0.291 e. The molecule has 2 aromatic rings. The number of ketones is 2. The number of nitrogens with zero attached hydrogens (tertiary/aromatic N) is 3. The Balaban J connectivity index is 1.51. The Labute approximate surface area is 188 Å². The zero-order valence-corrected chi connectivity index (χ0v) is 17.7. The van der Waals surface area contributed by atoms with E-state index in [1.54, 1.807) is 31.2 Å². The smallest absolute Gasteiger partial charge is 0.269 e. The molecule has 2 aromatic carbocycles. The van der Waals surface area contributed by atoms with Crippen molar-refractivity contribution in [2.24, 2.45) is 11.8 Å². The Kier molecular flexibility index (Phi) is 3.87. The quantitative estimate of drug-likeness (QED) is 0.301. The summed E-state index contributed by atoms with van der Waals surface area (Å²) in [6, 6.07) is 10.1. The fraction of sp³-hybridized carbons (Fsp3) is 0.333. The van der Waals surface area contributed by atoms with E-state index in [4.69, 9.17) is 0 Å². The van der Waals surface area contributed by atoms with Gasteiger partial charge in [-0.2, -0.15) is 0 Å². The number of fused-ring (bicyclic) bond motifs is 6. The lowest BCUT2D eigenvalue weighted by atomic mass is 9.76. The summed E-state index contributed by atoms with van der Waals surface area (Å²) < 4.78 is 0. The fourth-order valence-corrected chi connectivity index (χ4v) is 6.48. The predicted molar refractivity (Wildman–Crippen MR) is 115 cm³/mol. The molecule has 4 aliphatic rings. The third-order valence-corrected chi connectivity index (χ3v) is 7.71. The Hall–Kier alpha value is -3.72. The molecule has 1 aliphatic carbocycles. The number of non-ortho nitro benzene ring substituents is 1. The number of aryl methyl sites for hydroxylation is 1. The van der Waals surface area contributed by atoms with Crippen molar-refractivity contribution in [2.45, 2.75) is 31.3 Å². The van der Waals surface area contributed by atoms with Crippen molar-refractivity contribution in [2.75, 3.05) is 11.4 Å². The number of imide groups is 1. The van der Waals surface area contributed by atoms with Crippen LogP contribution in [0, 0.1) is 28.9 Å². The monoisotopic (exact) mass is 445 g/mol. The first-order valence-electron chi connectivity index (χ1n) is 10.9. The summed E-state index contributed by atoms with van der Waals surface area (Å²) in [5, 5.41) is 11.1. The molecule has 0 unspecified atom stereocenters. The van der Waals surface area contributed by atoms with E-state index < -0.39 is 45.7 Å². The van der Waals surface area contributed by atoms with Gasteiger partial charge in [0.1, 0.15) is 0 Å². The molecule has 3 fully saturated rings. The van der Waals surface area contributed by atoms with Crippen LogP contribution in [0.25, 0.3) is 0 Å². The van der Waals surface area contributed by atoms with E-state index in [9.17, 15) is 29.3 Å². The number of hydrogen-bond donors (Lipinski definition) is 0. The molecule has 0 aromatic heterocycles. The van der Waals surface area contributed by atoms with Crippen molar-refractivity contribution in [1.29, 1.82) is 0 Å². The molecule has 9 heteroatoms. The van der Waals surface area contributed by atoms with Crippen molar-refractivity contribution in [1.82, 2.24) is 4.90 Å². The number of nitro groups is 1. The zero-order valence-electron chi connectivity index (χ0n) is 17.7. The van der Waals surface area contributed by atoms with Gasteiger partial charge in [0.2, 0.25) is 11.8 Å². The van der Waals surface area contributed by atoms with E-state index in [-0.39, 0.29) is 17.4 Å². The van der Waals surface area contributed by atoms with Gasteiger partial charge in [0.05, 0.1) is 22.4 Å². The van der Waals surface area contributed by atoms with Gasteiger partial charge >= 0.3 is 0 Å². The standard InChI is InChI=1S/C24H19N3O6/c1-12-11-13(27(32)33)8-9-16(12)26-22(30)18-17-7-4-10-25(17)24(19(18)23(26)31)20(28)14-5-2-3-6-15(14)21(24)29/h2-3,5-6,8-9,11,17-19H,4,7,10H2,1H3/t17-,18+,19+/m0/s1. The molecular weight excluding hydrogens is 426 g/mol. The first-order chi connectivity index (χ1) is 15.8. The summed E-state index contributed by atoms with van der Waals surface area (Å²) in [4.78, 5) is 68.5. The molecule has 33 heavy (non-hydrogen) atoms. The van der Waals surface area contributed by atoms with Crippen molar-refractivity contribution in [3.63, 3.8) is 0 Å². The number of Topliss-reactive ketones (excluding diaryl/α,β-unsaturated/α-hetero) is 2. The summed E-state index contributed by atoms with van der Waals surface area (Å²) in [7, 11) is 0. The van der Waals surface area contributed by atoms with Gasteiger partial charge in [0.15, 0.2) is 17.1 Å². The molecule has 3 heterocycles. The molecule has 3 atom stereocenters. The first-order valence-corrected chi connectivity index (χ1v) is 10.9. The number of anilines is 1. The molecule has 166 valence electrons. The number of rotatable bonds is 2. The predicted octanol–water partition coefficient (Wildman–Crippen LogP) is 2.30. The van der Waals surface area contributed by atoms with Crippen molar-refractivity contribution in [3.8, 4) is 0 Å². The van der Waals surface area contributed by atoms with Crippen LogP contribution in [-0.2, 0) is 9.59 Å². The van der Waals surface area contributed by atoms with E-state index in [0.29, 0.717) is 29.7 Å². The van der Waals surface area contributed by atoms with Gasteiger partial charge < -0.3 is 0 Å². The van der Waals surface area contributed by atoms with Gasteiger partial charge in [-0.05, 0) is 37.9 Å². The van der Waals surface area contributed by atoms with E-state index in [1.807, 2.05) is 4.90 Å². The highest BCUT2D eigenvalue weighted by molar-refractivity contribution is 6.37.